The quantitative estimate of drug-likeness (QED) is 0.178. The monoisotopic (exact) mass is 501 g/mol. The van der Waals surface area contributed by atoms with Gasteiger partial charge < -0.3 is 9.64 Å². The number of methoxy groups -OCH3 is 1. The van der Waals surface area contributed by atoms with Crippen molar-refractivity contribution in [2.45, 2.75) is 49.4 Å². The molecule has 0 saturated carbocycles. The maximum absolute atomic E-state index is 10.8. The Bertz CT molecular complexity index is 1310. The molecule has 0 N–H and O–H groups in total. The van der Waals surface area contributed by atoms with Crippen LogP contribution in [0.25, 0.3) is 5.57 Å². The molecule has 0 bridgehead atoms. The molecule has 0 saturated heterocycles. The number of ether oxygens (including phenoxy) is 1. The number of hydrogen-bond donors (Lipinski definition) is 0. The molecule has 0 aromatic heterocycles. The van der Waals surface area contributed by atoms with Crippen LogP contribution in [0, 0.1) is 10.1 Å². The molecule has 3 aromatic rings. The van der Waals surface area contributed by atoms with Crippen molar-refractivity contribution < 1.29 is 9.66 Å². The summed E-state index contributed by atoms with van der Waals surface area (Å²) in [5, 5.41) is 10.8. The zero-order valence-electron chi connectivity index (χ0n) is 21.3. The predicted molar refractivity (Wildman–Crippen MR) is 149 cm³/mol. The fraction of sp³-hybridized carbons (Fsp3) is 0.276. The zero-order valence-corrected chi connectivity index (χ0v) is 22.1. The molecular weight excluding hydrogens is 470 g/mol. The second kappa shape index (κ2) is 10.6. The van der Waals surface area contributed by atoms with Crippen LogP contribution in [0.5, 0.6) is 5.75 Å². The second-order valence-electron chi connectivity index (χ2n) is 9.35. The largest absolute Gasteiger partial charge is 0.496 e. The van der Waals surface area contributed by atoms with E-state index in [1.54, 1.807) is 31.0 Å². The lowest BCUT2D eigenvalue weighted by Crippen LogP contribution is -2.45. The van der Waals surface area contributed by atoms with Crippen molar-refractivity contribution >= 4 is 40.6 Å². The third-order valence-corrected chi connectivity index (χ3v) is 7.26. The minimum Gasteiger partial charge on any atom is -0.496 e. The molecule has 1 aliphatic rings. The first kappa shape index (κ1) is 25.5. The topological polar surface area (TPSA) is 68.0 Å². The maximum Gasteiger partial charge on any atom is 0.269 e. The van der Waals surface area contributed by atoms with Gasteiger partial charge in [0.15, 0.2) is 0 Å². The summed E-state index contributed by atoms with van der Waals surface area (Å²) in [5.41, 5.74) is 5.47. The number of rotatable bonds is 8. The van der Waals surface area contributed by atoms with Gasteiger partial charge >= 0.3 is 0 Å². The molecule has 4 rings (SSSR count). The van der Waals surface area contributed by atoms with Gasteiger partial charge in [-0.1, -0.05) is 24.8 Å². The summed E-state index contributed by atoms with van der Waals surface area (Å²) in [6.07, 6.45) is 5.26. The van der Waals surface area contributed by atoms with E-state index in [0.29, 0.717) is 0 Å². The average molecular weight is 502 g/mol. The van der Waals surface area contributed by atoms with Gasteiger partial charge in [-0.25, -0.2) is 0 Å². The summed E-state index contributed by atoms with van der Waals surface area (Å²) in [5.74, 6) is 0.800. The number of fused-ring (bicyclic) bond motifs is 1. The van der Waals surface area contributed by atoms with Gasteiger partial charge in [-0.15, -0.1) is 0 Å². The van der Waals surface area contributed by atoms with E-state index in [-0.39, 0.29) is 11.2 Å². The Kier molecular flexibility index (Phi) is 7.50. The van der Waals surface area contributed by atoms with Gasteiger partial charge in [-0.05, 0) is 75.2 Å². The lowest BCUT2D eigenvalue weighted by Gasteiger charge is -2.43. The molecule has 186 valence electrons. The van der Waals surface area contributed by atoms with Gasteiger partial charge in [0.2, 0.25) is 0 Å². The zero-order chi connectivity index (χ0) is 25.9. The average Bonchev–Trinajstić information content (AvgIpc) is 2.85. The SMILES string of the molecule is CCCN1c2cc(OC)c(C=Nc3ccc(Sc4ccc([N+](=O)[O-])cc4)cc3)cc2C(C)=CC1(C)C. The number of nitrogens with zero attached hydrogens (tertiary/aromatic N) is 3. The van der Waals surface area contributed by atoms with Gasteiger partial charge in [0.1, 0.15) is 5.75 Å². The molecule has 6 nitrogen and oxygen atoms in total. The lowest BCUT2D eigenvalue weighted by atomic mass is 9.87. The van der Waals surface area contributed by atoms with Crippen LogP contribution in [0.4, 0.5) is 17.1 Å². The fourth-order valence-corrected chi connectivity index (χ4v) is 5.36. The Morgan fingerprint density at radius 2 is 1.72 bits per heavy atom. The second-order valence-corrected chi connectivity index (χ2v) is 10.5. The summed E-state index contributed by atoms with van der Waals surface area (Å²) in [6, 6.07) is 18.8. The van der Waals surface area contributed by atoms with Crippen LogP contribution in [-0.4, -0.2) is 30.3 Å². The van der Waals surface area contributed by atoms with Crippen molar-refractivity contribution in [3.63, 3.8) is 0 Å². The van der Waals surface area contributed by atoms with Crippen LogP contribution < -0.4 is 9.64 Å². The summed E-state index contributed by atoms with van der Waals surface area (Å²) >= 11 is 1.55. The Labute approximate surface area is 216 Å². The maximum atomic E-state index is 10.8. The fourth-order valence-electron chi connectivity index (χ4n) is 4.55. The molecule has 3 aromatic carbocycles. The highest BCUT2D eigenvalue weighted by Crippen LogP contribution is 2.42. The highest BCUT2D eigenvalue weighted by atomic mass is 32.2. The number of non-ortho nitro benzene ring substituents is 1. The van der Waals surface area contributed by atoms with Gasteiger partial charge in [0.05, 0.1) is 23.3 Å². The highest BCUT2D eigenvalue weighted by Gasteiger charge is 2.31. The number of anilines is 1. The van der Waals surface area contributed by atoms with E-state index < -0.39 is 4.92 Å². The van der Waals surface area contributed by atoms with Crippen LogP contribution >= 0.6 is 11.8 Å². The van der Waals surface area contributed by atoms with E-state index in [0.717, 1.165) is 39.8 Å². The Morgan fingerprint density at radius 1 is 1.08 bits per heavy atom. The van der Waals surface area contributed by atoms with E-state index in [1.807, 2.05) is 30.5 Å². The van der Waals surface area contributed by atoms with E-state index in [2.05, 4.69) is 50.8 Å². The van der Waals surface area contributed by atoms with E-state index in [9.17, 15) is 10.1 Å². The van der Waals surface area contributed by atoms with Crippen LogP contribution in [0.1, 0.15) is 45.2 Å². The van der Waals surface area contributed by atoms with Crippen molar-refractivity contribution in [1.29, 1.82) is 0 Å². The highest BCUT2D eigenvalue weighted by molar-refractivity contribution is 7.99. The first-order chi connectivity index (χ1) is 17.2. The van der Waals surface area contributed by atoms with Crippen LogP contribution in [0.15, 0.2) is 81.5 Å². The molecular formula is C29H31N3O3S. The standard InChI is InChI=1S/C29H31N3O3S/c1-6-15-31-27-17-28(35-5)21(16-26(27)20(2)18-29(31,3)4)19-30-22-7-11-24(12-8-22)36-25-13-9-23(10-14-25)32(33)34/h7-14,16-19H,6,15H2,1-5H3. The molecule has 1 heterocycles. The number of allylic oxidation sites excluding steroid dienone is 1. The van der Waals surface area contributed by atoms with Gasteiger partial charge in [0.25, 0.3) is 5.69 Å². The molecule has 1 aliphatic heterocycles. The van der Waals surface area contributed by atoms with E-state index >= 15 is 0 Å². The molecule has 0 atom stereocenters. The molecule has 0 amide bonds. The molecule has 36 heavy (non-hydrogen) atoms. The molecule has 0 spiro atoms. The van der Waals surface area contributed by atoms with E-state index in [1.165, 1.54) is 29.0 Å². The molecule has 0 aliphatic carbocycles. The van der Waals surface area contributed by atoms with Crippen LogP contribution in [-0.2, 0) is 0 Å². The third-order valence-electron chi connectivity index (χ3n) is 6.25. The number of hydrogen-bond acceptors (Lipinski definition) is 6. The van der Waals surface area contributed by atoms with Crippen molar-refractivity contribution in [1.82, 2.24) is 0 Å². The van der Waals surface area contributed by atoms with Crippen LogP contribution in [0.3, 0.4) is 0 Å². The molecule has 7 heteroatoms. The third kappa shape index (κ3) is 5.46. The number of aliphatic imine (C=N–C) groups is 1. The smallest absolute Gasteiger partial charge is 0.269 e. The molecule has 0 fully saturated rings. The summed E-state index contributed by atoms with van der Waals surface area (Å²) in [7, 11) is 1.70. The number of benzene rings is 3. The van der Waals surface area contributed by atoms with Crippen molar-refractivity contribution in [2.75, 3.05) is 18.6 Å². The first-order valence-electron chi connectivity index (χ1n) is 12.0. The molecule has 0 unspecified atom stereocenters. The van der Waals surface area contributed by atoms with Crippen molar-refractivity contribution in [3.8, 4) is 5.75 Å². The van der Waals surface area contributed by atoms with Crippen molar-refractivity contribution in [2.24, 2.45) is 4.99 Å². The van der Waals surface area contributed by atoms with Gasteiger partial charge in [0, 0.05) is 57.6 Å². The minimum absolute atomic E-state index is 0.0536. The summed E-state index contributed by atoms with van der Waals surface area (Å²) < 4.78 is 5.76. The normalized spacial score (nSPS) is 14.5. The Hall–Kier alpha value is -3.58. The van der Waals surface area contributed by atoms with Crippen LogP contribution in [0.2, 0.25) is 0 Å². The van der Waals surface area contributed by atoms with E-state index in [4.69, 9.17) is 9.73 Å². The Morgan fingerprint density at radius 3 is 2.31 bits per heavy atom. The number of nitro groups is 1. The first-order valence-corrected chi connectivity index (χ1v) is 12.8. The Balaban J connectivity index is 1.55. The van der Waals surface area contributed by atoms with Crippen molar-refractivity contribution in [3.05, 3.63) is 88.0 Å². The van der Waals surface area contributed by atoms with Gasteiger partial charge in [-0.3, -0.25) is 15.1 Å². The summed E-state index contributed by atoms with van der Waals surface area (Å²) in [6.45, 7) is 9.85. The van der Waals surface area contributed by atoms with Gasteiger partial charge in [-0.2, -0.15) is 0 Å². The predicted octanol–water partition coefficient (Wildman–Crippen LogP) is 7.92. The lowest BCUT2D eigenvalue weighted by molar-refractivity contribution is -0.384. The minimum atomic E-state index is -0.390. The summed E-state index contributed by atoms with van der Waals surface area (Å²) in [4.78, 5) is 19.6. The number of nitro benzene ring substituents is 1. The molecule has 0 radical (unpaired) electrons.